The van der Waals surface area contributed by atoms with Crippen molar-refractivity contribution in [3.8, 4) is 0 Å². The third-order valence-corrected chi connectivity index (χ3v) is 5.68. The van der Waals surface area contributed by atoms with Crippen LogP contribution in [0.15, 0.2) is 23.1 Å². The zero-order valence-electron chi connectivity index (χ0n) is 11.5. The molecule has 0 heterocycles. The van der Waals surface area contributed by atoms with Gasteiger partial charge in [-0.2, -0.15) is 4.31 Å². The standard InChI is InChI=1S/C13H19ClFNO2S/c1-9(2)10(3)16(4)19(17,18)13-7-12(15)6-5-11(13)8-14/h5-7,9-10H,8H2,1-4H3. The normalized spacial score (nSPS) is 14.1. The summed E-state index contributed by atoms with van der Waals surface area (Å²) < 4.78 is 39.6. The summed E-state index contributed by atoms with van der Waals surface area (Å²) in [6.07, 6.45) is 0. The molecule has 0 fully saturated rings. The molecule has 1 atom stereocenters. The van der Waals surface area contributed by atoms with E-state index in [-0.39, 0.29) is 22.7 Å². The van der Waals surface area contributed by atoms with Crippen LogP contribution in [0.3, 0.4) is 0 Å². The Morgan fingerprint density at radius 2 is 1.89 bits per heavy atom. The van der Waals surface area contributed by atoms with Crippen LogP contribution in [0.1, 0.15) is 26.3 Å². The molecule has 108 valence electrons. The van der Waals surface area contributed by atoms with Gasteiger partial charge in [0.1, 0.15) is 5.82 Å². The summed E-state index contributed by atoms with van der Waals surface area (Å²) in [5.74, 6) is -0.399. The summed E-state index contributed by atoms with van der Waals surface area (Å²) >= 11 is 5.73. The van der Waals surface area contributed by atoms with Crippen molar-refractivity contribution in [3.05, 3.63) is 29.6 Å². The van der Waals surface area contributed by atoms with Crippen molar-refractivity contribution in [2.45, 2.75) is 37.6 Å². The number of nitrogens with zero attached hydrogens (tertiary/aromatic N) is 1. The molecule has 0 N–H and O–H groups in total. The molecule has 0 aromatic heterocycles. The van der Waals surface area contributed by atoms with Gasteiger partial charge in [0.25, 0.3) is 0 Å². The minimum atomic E-state index is -3.74. The zero-order valence-corrected chi connectivity index (χ0v) is 13.1. The summed E-state index contributed by atoms with van der Waals surface area (Å²) in [6.45, 7) is 5.69. The van der Waals surface area contributed by atoms with Crippen LogP contribution in [0.25, 0.3) is 0 Å². The van der Waals surface area contributed by atoms with Gasteiger partial charge in [-0.15, -0.1) is 11.6 Å². The summed E-state index contributed by atoms with van der Waals surface area (Å²) in [6, 6.07) is 3.46. The van der Waals surface area contributed by atoms with Gasteiger partial charge in [0, 0.05) is 19.0 Å². The maximum atomic E-state index is 13.3. The predicted molar refractivity (Wildman–Crippen MR) is 75.2 cm³/mol. The molecule has 0 spiro atoms. The highest BCUT2D eigenvalue weighted by Gasteiger charge is 2.29. The molecule has 1 unspecified atom stereocenters. The Hall–Kier alpha value is -0.650. The third kappa shape index (κ3) is 3.46. The van der Waals surface area contributed by atoms with Crippen molar-refractivity contribution in [2.24, 2.45) is 5.92 Å². The summed E-state index contributed by atoms with van der Waals surface area (Å²) in [5, 5.41) is 0. The Balaban J connectivity index is 3.31. The van der Waals surface area contributed by atoms with Gasteiger partial charge in [-0.3, -0.25) is 0 Å². The average Bonchev–Trinajstić information content (AvgIpc) is 2.36. The van der Waals surface area contributed by atoms with Crippen LogP contribution < -0.4 is 0 Å². The lowest BCUT2D eigenvalue weighted by Gasteiger charge is -2.27. The largest absolute Gasteiger partial charge is 0.243 e. The predicted octanol–water partition coefficient (Wildman–Crippen LogP) is 3.23. The quantitative estimate of drug-likeness (QED) is 0.783. The molecule has 0 amide bonds. The first-order valence-electron chi connectivity index (χ1n) is 6.04. The minimum Gasteiger partial charge on any atom is -0.207 e. The Morgan fingerprint density at radius 3 is 2.37 bits per heavy atom. The lowest BCUT2D eigenvalue weighted by atomic mass is 10.1. The fourth-order valence-electron chi connectivity index (χ4n) is 1.67. The number of benzene rings is 1. The maximum Gasteiger partial charge on any atom is 0.243 e. The average molecular weight is 308 g/mol. The van der Waals surface area contributed by atoms with Crippen LogP contribution in [-0.2, 0) is 15.9 Å². The smallest absolute Gasteiger partial charge is 0.207 e. The minimum absolute atomic E-state index is 0.0265. The van der Waals surface area contributed by atoms with E-state index in [1.165, 1.54) is 23.5 Å². The highest BCUT2D eigenvalue weighted by molar-refractivity contribution is 7.89. The first kappa shape index (κ1) is 16.4. The molecular weight excluding hydrogens is 289 g/mol. The second-order valence-corrected chi connectivity index (χ2v) is 7.12. The third-order valence-electron chi connectivity index (χ3n) is 3.37. The molecule has 6 heteroatoms. The van der Waals surface area contributed by atoms with E-state index in [1.54, 1.807) is 0 Å². The molecule has 0 aliphatic heterocycles. The van der Waals surface area contributed by atoms with E-state index in [1.807, 2.05) is 20.8 Å². The molecule has 0 aliphatic carbocycles. The molecule has 1 rings (SSSR count). The van der Waals surface area contributed by atoms with Crippen molar-refractivity contribution in [1.82, 2.24) is 4.31 Å². The second kappa shape index (κ2) is 6.20. The van der Waals surface area contributed by atoms with Gasteiger partial charge in [-0.25, -0.2) is 12.8 Å². The molecule has 3 nitrogen and oxygen atoms in total. The summed E-state index contributed by atoms with van der Waals surface area (Å²) in [5.41, 5.74) is 0.408. The molecular formula is C13H19ClFNO2S. The van der Waals surface area contributed by atoms with E-state index in [4.69, 9.17) is 11.6 Å². The van der Waals surface area contributed by atoms with Gasteiger partial charge < -0.3 is 0 Å². The van der Waals surface area contributed by atoms with E-state index >= 15 is 0 Å². The number of hydrogen-bond acceptors (Lipinski definition) is 2. The SMILES string of the molecule is CC(C)C(C)N(C)S(=O)(=O)c1cc(F)ccc1CCl. The van der Waals surface area contributed by atoms with Gasteiger partial charge in [0.15, 0.2) is 0 Å². The van der Waals surface area contributed by atoms with Crippen LogP contribution in [0.2, 0.25) is 0 Å². The second-order valence-electron chi connectivity index (χ2n) is 4.89. The van der Waals surface area contributed by atoms with Gasteiger partial charge in [0.05, 0.1) is 4.90 Å². The van der Waals surface area contributed by atoms with E-state index in [2.05, 4.69) is 0 Å². The van der Waals surface area contributed by atoms with E-state index in [0.717, 1.165) is 6.07 Å². The molecule has 19 heavy (non-hydrogen) atoms. The number of sulfonamides is 1. The highest BCUT2D eigenvalue weighted by Crippen LogP contribution is 2.25. The van der Waals surface area contributed by atoms with Crippen molar-refractivity contribution in [3.63, 3.8) is 0 Å². The van der Waals surface area contributed by atoms with Crippen molar-refractivity contribution < 1.29 is 12.8 Å². The number of halogens is 2. The van der Waals surface area contributed by atoms with Crippen LogP contribution in [0.5, 0.6) is 0 Å². The van der Waals surface area contributed by atoms with Crippen LogP contribution in [0.4, 0.5) is 4.39 Å². The maximum absolute atomic E-state index is 13.3. The van der Waals surface area contributed by atoms with Crippen LogP contribution in [-0.4, -0.2) is 25.8 Å². The Kier molecular flexibility index (Phi) is 5.35. The summed E-state index contributed by atoms with van der Waals surface area (Å²) in [7, 11) is -2.24. The van der Waals surface area contributed by atoms with Gasteiger partial charge in [-0.1, -0.05) is 19.9 Å². The van der Waals surface area contributed by atoms with E-state index < -0.39 is 15.8 Å². The Morgan fingerprint density at radius 1 is 1.32 bits per heavy atom. The molecule has 0 saturated carbocycles. The topological polar surface area (TPSA) is 37.4 Å². The summed E-state index contributed by atoms with van der Waals surface area (Å²) in [4.78, 5) is -0.0579. The first-order chi connectivity index (χ1) is 8.71. The molecule has 1 aromatic rings. The van der Waals surface area contributed by atoms with Gasteiger partial charge in [0.2, 0.25) is 10.0 Å². The number of alkyl halides is 1. The van der Waals surface area contributed by atoms with Crippen molar-refractivity contribution >= 4 is 21.6 Å². The molecule has 0 bridgehead atoms. The molecule has 0 aliphatic rings. The zero-order chi connectivity index (χ0) is 14.8. The lowest BCUT2D eigenvalue weighted by Crippen LogP contribution is -2.38. The molecule has 0 radical (unpaired) electrons. The molecule has 0 saturated heterocycles. The monoisotopic (exact) mass is 307 g/mol. The van der Waals surface area contributed by atoms with E-state index in [9.17, 15) is 12.8 Å². The Bertz CT molecular complexity index is 546. The Labute approximate surface area is 119 Å². The van der Waals surface area contributed by atoms with Crippen LogP contribution in [0, 0.1) is 11.7 Å². The van der Waals surface area contributed by atoms with Crippen molar-refractivity contribution in [2.75, 3.05) is 7.05 Å². The number of rotatable bonds is 5. The van der Waals surface area contributed by atoms with Crippen molar-refractivity contribution in [1.29, 1.82) is 0 Å². The fraction of sp³-hybridized carbons (Fsp3) is 0.538. The number of hydrogen-bond donors (Lipinski definition) is 0. The van der Waals surface area contributed by atoms with E-state index in [0.29, 0.717) is 5.56 Å². The van der Waals surface area contributed by atoms with Gasteiger partial charge >= 0.3 is 0 Å². The first-order valence-corrected chi connectivity index (χ1v) is 8.01. The van der Waals surface area contributed by atoms with Gasteiger partial charge in [-0.05, 0) is 30.5 Å². The highest BCUT2D eigenvalue weighted by atomic mass is 35.5. The van der Waals surface area contributed by atoms with Crippen LogP contribution >= 0.6 is 11.6 Å². The molecule has 1 aromatic carbocycles. The lowest BCUT2D eigenvalue weighted by molar-refractivity contribution is 0.315. The fourth-order valence-corrected chi connectivity index (χ4v) is 3.71.